The van der Waals surface area contributed by atoms with E-state index in [1.807, 2.05) is 0 Å². The third kappa shape index (κ3) is 2.57. The maximum Gasteiger partial charge on any atom is 0.169 e. The van der Waals surface area contributed by atoms with Crippen molar-refractivity contribution in [3.05, 3.63) is 16.9 Å². The van der Waals surface area contributed by atoms with Crippen LogP contribution in [0.25, 0.3) is 0 Å². The van der Waals surface area contributed by atoms with Gasteiger partial charge in [0.15, 0.2) is 5.82 Å². The summed E-state index contributed by atoms with van der Waals surface area (Å²) in [5.74, 6) is 0.0484. The summed E-state index contributed by atoms with van der Waals surface area (Å²) >= 11 is 5.75. The summed E-state index contributed by atoms with van der Waals surface area (Å²) in [6.45, 7) is 0.737. The largest absolute Gasteiger partial charge is 0.397 e. The molecule has 0 radical (unpaired) electrons. The van der Waals surface area contributed by atoms with Gasteiger partial charge in [-0.1, -0.05) is 24.4 Å². The number of nitrogen functional groups attached to an aromatic ring is 2. The van der Waals surface area contributed by atoms with Crippen molar-refractivity contribution in [2.75, 3.05) is 23.3 Å². The molecule has 1 saturated carbocycles. The Morgan fingerprint density at radius 3 is 2.59 bits per heavy atom. The van der Waals surface area contributed by atoms with Crippen LogP contribution in [0.3, 0.4) is 0 Å². The minimum absolute atomic E-state index is 0.0619. The van der Waals surface area contributed by atoms with E-state index in [-0.39, 0.29) is 16.4 Å². The first-order chi connectivity index (χ1) is 8.09. The molecule has 1 aromatic rings. The average molecular weight is 258 g/mol. The van der Waals surface area contributed by atoms with E-state index in [9.17, 15) is 4.39 Å². The standard InChI is InChI=1S/C12H17ClFN3/c13-10-8(15)5-9(16)12(11(10)14)17-6-7-3-1-2-4-7/h5,7,17H,1-4,6,15-16H2. The predicted molar refractivity (Wildman–Crippen MR) is 70.7 cm³/mol. The molecule has 2 rings (SSSR count). The van der Waals surface area contributed by atoms with Crippen LogP contribution in [0.5, 0.6) is 0 Å². The lowest BCUT2D eigenvalue weighted by molar-refractivity contribution is 0.574. The Bertz CT molecular complexity index is 417. The van der Waals surface area contributed by atoms with Gasteiger partial charge >= 0.3 is 0 Å². The van der Waals surface area contributed by atoms with Crippen LogP contribution < -0.4 is 16.8 Å². The number of benzene rings is 1. The molecule has 0 atom stereocenters. The number of nitrogens with two attached hydrogens (primary N) is 2. The summed E-state index contributed by atoms with van der Waals surface area (Å²) in [5.41, 5.74) is 12.0. The molecule has 5 N–H and O–H groups in total. The summed E-state index contributed by atoms with van der Waals surface area (Å²) in [6.07, 6.45) is 4.90. The molecule has 0 aromatic heterocycles. The van der Waals surface area contributed by atoms with Crippen molar-refractivity contribution in [1.29, 1.82) is 0 Å². The highest BCUT2D eigenvalue weighted by Crippen LogP contribution is 2.34. The van der Waals surface area contributed by atoms with Crippen molar-refractivity contribution < 1.29 is 4.39 Å². The zero-order valence-corrected chi connectivity index (χ0v) is 10.4. The fraction of sp³-hybridized carbons (Fsp3) is 0.500. The lowest BCUT2D eigenvalue weighted by atomic mass is 10.1. The van der Waals surface area contributed by atoms with Crippen LogP contribution in [0.2, 0.25) is 5.02 Å². The van der Waals surface area contributed by atoms with Gasteiger partial charge in [0.1, 0.15) is 5.02 Å². The zero-order chi connectivity index (χ0) is 12.4. The van der Waals surface area contributed by atoms with Gasteiger partial charge in [0.05, 0.1) is 17.1 Å². The first kappa shape index (κ1) is 12.3. The summed E-state index contributed by atoms with van der Waals surface area (Å²) in [5, 5.41) is 2.99. The molecule has 0 saturated heterocycles. The quantitative estimate of drug-likeness (QED) is 0.729. The summed E-state index contributed by atoms with van der Waals surface area (Å²) < 4.78 is 13.8. The number of hydrogen-bond acceptors (Lipinski definition) is 3. The number of anilines is 3. The Hall–Kier alpha value is -1.16. The molecular formula is C12H17ClFN3. The lowest BCUT2D eigenvalue weighted by Crippen LogP contribution is -2.14. The smallest absolute Gasteiger partial charge is 0.169 e. The van der Waals surface area contributed by atoms with Crippen molar-refractivity contribution in [2.24, 2.45) is 5.92 Å². The normalized spacial score (nSPS) is 16.4. The van der Waals surface area contributed by atoms with E-state index in [1.165, 1.54) is 31.7 Å². The van der Waals surface area contributed by atoms with Gasteiger partial charge in [0.2, 0.25) is 0 Å². The van der Waals surface area contributed by atoms with Gasteiger partial charge in [-0.25, -0.2) is 4.39 Å². The molecule has 0 spiro atoms. The Morgan fingerprint density at radius 2 is 1.94 bits per heavy atom. The monoisotopic (exact) mass is 257 g/mol. The molecule has 94 valence electrons. The highest BCUT2D eigenvalue weighted by molar-refractivity contribution is 6.33. The van der Waals surface area contributed by atoms with Gasteiger partial charge < -0.3 is 16.8 Å². The number of hydrogen-bond donors (Lipinski definition) is 3. The third-order valence-corrected chi connectivity index (χ3v) is 3.69. The van der Waals surface area contributed by atoms with Gasteiger partial charge in [-0.15, -0.1) is 0 Å². The topological polar surface area (TPSA) is 64.1 Å². The second-order valence-corrected chi connectivity index (χ2v) is 4.97. The Morgan fingerprint density at radius 1 is 1.29 bits per heavy atom. The summed E-state index contributed by atoms with van der Waals surface area (Å²) in [7, 11) is 0. The van der Waals surface area contributed by atoms with Crippen molar-refractivity contribution >= 4 is 28.7 Å². The van der Waals surface area contributed by atoms with E-state index in [0.717, 1.165) is 6.54 Å². The second-order valence-electron chi connectivity index (χ2n) is 4.59. The molecule has 0 unspecified atom stereocenters. The molecule has 17 heavy (non-hydrogen) atoms. The van der Waals surface area contributed by atoms with Crippen LogP contribution in [0, 0.1) is 11.7 Å². The first-order valence-electron chi connectivity index (χ1n) is 5.86. The van der Waals surface area contributed by atoms with Crippen LogP contribution in [0.1, 0.15) is 25.7 Å². The molecule has 0 aliphatic heterocycles. The van der Waals surface area contributed by atoms with Crippen LogP contribution in [-0.2, 0) is 0 Å². The second kappa shape index (κ2) is 5.00. The Balaban J connectivity index is 2.12. The fourth-order valence-corrected chi connectivity index (χ4v) is 2.46. The average Bonchev–Trinajstić information content (AvgIpc) is 2.79. The first-order valence-corrected chi connectivity index (χ1v) is 6.24. The highest BCUT2D eigenvalue weighted by atomic mass is 35.5. The van der Waals surface area contributed by atoms with Gasteiger partial charge in [0.25, 0.3) is 0 Å². The van der Waals surface area contributed by atoms with Crippen molar-refractivity contribution in [1.82, 2.24) is 0 Å². The predicted octanol–water partition coefficient (Wildman–Crippen LogP) is 3.25. The fourth-order valence-electron chi connectivity index (χ4n) is 2.31. The van der Waals surface area contributed by atoms with Crippen LogP contribution in [0.4, 0.5) is 21.5 Å². The van der Waals surface area contributed by atoms with Crippen LogP contribution in [-0.4, -0.2) is 6.54 Å². The molecule has 3 nitrogen and oxygen atoms in total. The molecule has 0 heterocycles. The third-order valence-electron chi connectivity index (χ3n) is 3.31. The van der Waals surface area contributed by atoms with Crippen LogP contribution >= 0.6 is 11.6 Å². The minimum Gasteiger partial charge on any atom is -0.397 e. The SMILES string of the molecule is Nc1cc(N)c(NCC2CCCC2)c(F)c1Cl. The van der Waals surface area contributed by atoms with Crippen LogP contribution in [0.15, 0.2) is 6.07 Å². The zero-order valence-electron chi connectivity index (χ0n) is 9.60. The van der Waals surface area contributed by atoms with Crippen molar-refractivity contribution in [3.8, 4) is 0 Å². The molecule has 0 amide bonds. The Labute approximate surface area is 105 Å². The van der Waals surface area contributed by atoms with Gasteiger partial charge in [-0.2, -0.15) is 0 Å². The Kier molecular flexibility index (Phi) is 3.62. The van der Waals surface area contributed by atoms with E-state index in [4.69, 9.17) is 23.1 Å². The summed E-state index contributed by atoms with van der Waals surface area (Å²) in [4.78, 5) is 0. The highest BCUT2D eigenvalue weighted by Gasteiger charge is 2.18. The molecule has 1 aromatic carbocycles. The lowest BCUT2D eigenvalue weighted by Gasteiger charge is -2.15. The minimum atomic E-state index is -0.554. The van der Waals surface area contributed by atoms with E-state index in [0.29, 0.717) is 11.6 Å². The molecule has 1 aliphatic rings. The van der Waals surface area contributed by atoms with Gasteiger partial charge in [0, 0.05) is 6.54 Å². The molecule has 1 aliphatic carbocycles. The number of nitrogens with one attached hydrogen (secondary N) is 1. The molecule has 5 heteroatoms. The maximum atomic E-state index is 13.8. The van der Waals surface area contributed by atoms with E-state index in [2.05, 4.69) is 5.32 Å². The van der Waals surface area contributed by atoms with Crippen molar-refractivity contribution in [3.63, 3.8) is 0 Å². The summed E-state index contributed by atoms with van der Waals surface area (Å²) in [6, 6.07) is 1.49. The van der Waals surface area contributed by atoms with Gasteiger partial charge in [-0.05, 0) is 24.8 Å². The number of halogens is 2. The van der Waals surface area contributed by atoms with E-state index in [1.54, 1.807) is 0 Å². The van der Waals surface area contributed by atoms with E-state index < -0.39 is 5.82 Å². The maximum absolute atomic E-state index is 13.8. The van der Waals surface area contributed by atoms with Crippen molar-refractivity contribution in [2.45, 2.75) is 25.7 Å². The molecule has 0 bridgehead atoms. The molecular weight excluding hydrogens is 241 g/mol. The number of rotatable bonds is 3. The van der Waals surface area contributed by atoms with Gasteiger partial charge in [-0.3, -0.25) is 0 Å². The van der Waals surface area contributed by atoms with E-state index >= 15 is 0 Å². The molecule has 1 fully saturated rings.